The normalized spacial score (nSPS) is 24.6. The van der Waals surface area contributed by atoms with Crippen LogP contribution in [0.3, 0.4) is 0 Å². The first-order chi connectivity index (χ1) is 7.68. The molecule has 0 fully saturated rings. The van der Waals surface area contributed by atoms with E-state index in [2.05, 4.69) is 26.1 Å². The van der Waals surface area contributed by atoms with Gasteiger partial charge in [0, 0.05) is 17.2 Å². The van der Waals surface area contributed by atoms with Crippen molar-refractivity contribution in [2.24, 2.45) is 5.92 Å². The predicted octanol–water partition coefficient (Wildman–Crippen LogP) is 2.34. The van der Waals surface area contributed by atoms with Gasteiger partial charge in [0.25, 0.3) is 10.1 Å². The van der Waals surface area contributed by atoms with Crippen LogP contribution in [0.2, 0.25) is 0 Å². The fourth-order valence-electron chi connectivity index (χ4n) is 2.76. The summed E-state index contributed by atoms with van der Waals surface area (Å²) < 4.78 is 31.2. The zero-order valence-corrected chi connectivity index (χ0v) is 11.9. The molecule has 0 aliphatic carbocycles. The number of hydrogen-bond donors (Lipinski definition) is 2. The molecule has 1 atom stereocenters. The molecule has 0 aromatic rings. The molecule has 1 unspecified atom stereocenters. The summed E-state index contributed by atoms with van der Waals surface area (Å²) in [6.07, 6.45) is 2.43. The summed E-state index contributed by atoms with van der Waals surface area (Å²) in [5.74, 6) is -0.230. The third-order valence-electron chi connectivity index (χ3n) is 3.27. The van der Waals surface area contributed by atoms with Crippen LogP contribution in [0.15, 0.2) is 11.3 Å². The lowest BCUT2D eigenvalue weighted by Crippen LogP contribution is -2.46. The van der Waals surface area contributed by atoms with Gasteiger partial charge in [0.1, 0.15) is 0 Å². The summed E-state index contributed by atoms with van der Waals surface area (Å²) >= 11 is 0. The van der Waals surface area contributed by atoms with Crippen LogP contribution < -0.4 is 5.32 Å². The van der Waals surface area contributed by atoms with Gasteiger partial charge >= 0.3 is 0 Å². The molecule has 0 aromatic heterocycles. The van der Waals surface area contributed by atoms with Gasteiger partial charge in [-0.2, -0.15) is 8.42 Å². The average molecular weight is 261 g/mol. The van der Waals surface area contributed by atoms with E-state index in [4.69, 9.17) is 4.55 Å². The van der Waals surface area contributed by atoms with Crippen molar-refractivity contribution in [3.8, 4) is 0 Å². The number of nitrogens with one attached hydrogen (secondary N) is 1. The highest BCUT2D eigenvalue weighted by Crippen LogP contribution is 2.34. The Morgan fingerprint density at radius 2 is 1.94 bits per heavy atom. The lowest BCUT2D eigenvalue weighted by atomic mass is 9.80. The van der Waals surface area contributed by atoms with Gasteiger partial charge in [0.05, 0.1) is 5.75 Å². The second kappa shape index (κ2) is 4.98. The largest absolute Gasteiger partial charge is 0.383 e. The summed E-state index contributed by atoms with van der Waals surface area (Å²) in [6.45, 7) is 8.21. The molecule has 100 valence electrons. The average Bonchev–Trinajstić information content (AvgIpc) is 2.12. The number of rotatable bonds is 4. The highest BCUT2D eigenvalue weighted by atomic mass is 32.2. The fourth-order valence-corrected chi connectivity index (χ4v) is 3.58. The van der Waals surface area contributed by atoms with Crippen molar-refractivity contribution in [3.63, 3.8) is 0 Å². The molecule has 5 heteroatoms. The van der Waals surface area contributed by atoms with E-state index in [9.17, 15) is 8.42 Å². The van der Waals surface area contributed by atoms with Gasteiger partial charge in [-0.1, -0.05) is 13.8 Å². The summed E-state index contributed by atoms with van der Waals surface area (Å²) in [6, 6.07) is 0. The van der Waals surface area contributed by atoms with Crippen LogP contribution in [0.4, 0.5) is 0 Å². The molecule has 1 rings (SSSR count). The highest BCUT2D eigenvalue weighted by Gasteiger charge is 2.34. The van der Waals surface area contributed by atoms with Crippen molar-refractivity contribution < 1.29 is 13.0 Å². The van der Waals surface area contributed by atoms with Crippen molar-refractivity contribution in [2.45, 2.75) is 52.5 Å². The van der Waals surface area contributed by atoms with E-state index >= 15 is 0 Å². The molecule has 2 N–H and O–H groups in total. The van der Waals surface area contributed by atoms with Gasteiger partial charge in [-0.15, -0.1) is 0 Å². The summed E-state index contributed by atoms with van der Waals surface area (Å²) in [7, 11) is -3.91. The summed E-state index contributed by atoms with van der Waals surface area (Å²) in [5.41, 5.74) is 2.17. The van der Waals surface area contributed by atoms with E-state index in [1.807, 2.05) is 6.92 Å². The van der Waals surface area contributed by atoms with Crippen LogP contribution in [0.25, 0.3) is 0 Å². The van der Waals surface area contributed by atoms with Gasteiger partial charge in [-0.3, -0.25) is 4.55 Å². The molecule has 17 heavy (non-hydrogen) atoms. The first-order valence-electron chi connectivity index (χ1n) is 6.13. The minimum atomic E-state index is -3.91. The van der Waals surface area contributed by atoms with Crippen molar-refractivity contribution in [1.82, 2.24) is 5.32 Å². The Morgan fingerprint density at radius 3 is 2.35 bits per heavy atom. The van der Waals surface area contributed by atoms with Gasteiger partial charge in [0.15, 0.2) is 0 Å². The van der Waals surface area contributed by atoms with E-state index in [-0.39, 0.29) is 17.2 Å². The second-order valence-corrected chi connectivity index (χ2v) is 6.87. The smallest absolute Gasteiger partial charge is 0.265 e. The van der Waals surface area contributed by atoms with Crippen molar-refractivity contribution in [2.75, 3.05) is 5.75 Å². The van der Waals surface area contributed by atoms with Gasteiger partial charge in [-0.05, 0) is 38.7 Å². The molecular formula is C12H23NO3S. The maximum absolute atomic E-state index is 11.1. The zero-order valence-electron chi connectivity index (χ0n) is 11.1. The topological polar surface area (TPSA) is 66.4 Å². The molecule has 1 aliphatic heterocycles. The molecule has 0 amide bonds. The Labute approximate surface area is 104 Å². The third-order valence-corrected chi connectivity index (χ3v) is 4.10. The van der Waals surface area contributed by atoms with E-state index in [1.54, 1.807) is 0 Å². The van der Waals surface area contributed by atoms with Crippen LogP contribution in [-0.4, -0.2) is 24.3 Å². The van der Waals surface area contributed by atoms with E-state index in [0.717, 1.165) is 30.5 Å². The maximum atomic E-state index is 11.1. The van der Waals surface area contributed by atoms with Crippen molar-refractivity contribution >= 4 is 10.1 Å². The molecule has 0 spiro atoms. The molecule has 1 aliphatic rings. The Hall–Kier alpha value is -0.550. The minimum Gasteiger partial charge on any atom is -0.383 e. The lowest BCUT2D eigenvalue weighted by Gasteiger charge is -2.40. The standard InChI is InChI=1S/C12H23NO3S/c1-5-10-9(8-17(14,15)16)7-12(3,4)13-11(10)6-2/h9,13H,5-8H2,1-4H3,(H,14,15,16). The lowest BCUT2D eigenvalue weighted by molar-refractivity contribution is 0.312. The molecule has 0 radical (unpaired) electrons. The van der Waals surface area contributed by atoms with Crippen LogP contribution in [0.1, 0.15) is 47.0 Å². The van der Waals surface area contributed by atoms with Gasteiger partial charge in [-0.25, -0.2) is 0 Å². The maximum Gasteiger partial charge on any atom is 0.265 e. The monoisotopic (exact) mass is 261 g/mol. The first kappa shape index (κ1) is 14.5. The molecule has 0 saturated heterocycles. The van der Waals surface area contributed by atoms with E-state index in [1.165, 1.54) is 0 Å². The second-order valence-electron chi connectivity index (χ2n) is 5.37. The van der Waals surface area contributed by atoms with E-state index < -0.39 is 10.1 Å². The predicted molar refractivity (Wildman–Crippen MR) is 69.3 cm³/mol. The Morgan fingerprint density at radius 1 is 1.35 bits per heavy atom. The molecule has 0 saturated carbocycles. The number of allylic oxidation sites excluding steroid dienone is 2. The van der Waals surface area contributed by atoms with Gasteiger partial charge in [0.2, 0.25) is 0 Å². The van der Waals surface area contributed by atoms with Crippen molar-refractivity contribution in [1.29, 1.82) is 0 Å². The molecule has 0 bridgehead atoms. The molecule has 1 heterocycles. The Bertz CT molecular complexity index is 409. The minimum absolute atomic E-state index is 0.0683. The molecule has 4 nitrogen and oxygen atoms in total. The van der Waals surface area contributed by atoms with E-state index in [0.29, 0.717) is 0 Å². The molecular weight excluding hydrogens is 238 g/mol. The Kier molecular flexibility index (Phi) is 4.25. The zero-order chi connectivity index (χ0) is 13.3. The third kappa shape index (κ3) is 4.00. The van der Waals surface area contributed by atoms with Crippen molar-refractivity contribution in [3.05, 3.63) is 11.3 Å². The summed E-state index contributed by atoms with van der Waals surface area (Å²) in [5, 5.41) is 3.46. The van der Waals surface area contributed by atoms with Crippen LogP contribution in [0, 0.1) is 5.92 Å². The summed E-state index contributed by atoms with van der Waals surface area (Å²) in [4.78, 5) is 0. The quantitative estimate of drug-likeness (QED) is 0.762. The van der Waals surface area contributed by atoms with Crippen LogP contribution >= 0.6 is 0 Å². The SMILES string of the molecule is CCC1=C(CC)C(CS(=O)(=O)O)CC(C)(C)N1. The first-order valence-corrected chi connectivity index (χ1v) is 7.74. The Balaban J connectivity index is 3.08. The fraction of sp³-hybridized carbons (Fsp3) is 0.833. The molecule has 0 aromatic carbocycles. The highest BCUT2D eigenvalue weighted by molar-refractivity contribution is 7.85. The van der Waals surface area contributed by atoms with Crippen LogP contribution in [0.5, 0.6) is 0 Å². The van der Waals surface area contributed by atoms with Crippen LogP contribution in [-0.2, 0) is 10.1 Å². The van der Waals surface area contributed by atoms with Gasteiger partial charge < -0.3 is 5.32 Å². The number of hydrogen-bond acceptors (Lipinski definition) is 3.